The van der Waals surface area contributed by atoms with Gasteiger partial charge < -0.3 is 15.2 Å². The Morgan fingerprint density at radius 2 is 1.83 bits per heavy atom. The first-order chi connectivity index (χ1) is 10.9. The van der Waals surface area contributed by atoms with Gasteiger partial charge in [-0.1, -0.05) is 11.6 Å². The van der Waals surface area contributed by atoms with Crippen LogP contribution in [0, 0.1) is 0 Å². The normalized spacial score (nSPS) is 10.2. The molecule has 0 radical (unpaired) electrons. The second-order valence-corrected chi connectivity index (χ2v) is 5.77. The number of rotatable bonds is 5. The van der Waals surface area contributed by atoms with Crippen molar-refractivity contribution >= 4 is 39.4 Å². The highest BCUT2D eigenvalue weighted by atomic mass is 79.9. The summed E-state index contributed by atoms with van der Waals surface area (Å²) in [5.74, 6) is -0.757. The van der Waals surface area contributed by atoms with Gasteiger partial charge in [0.25, 0.3) is 0 Å². The van der Waals surface area contributed by atoms with Gasteiger partial charge in [0.1, 0.15) is 0 Å². The van der Waals surface area contributed by atoms with Crippen LogP contribution < -0.4 is 15.2 Å². The number of hydrogen-bond acceptors (Lipinski definition) is 4. The molecular weight excluding hydrogens is 386 g/mol. The van der Waals surface area contributed by atoms with Crippen molar-refractivity contribution in [2.75, 3.05) is 6.61 Å². The largest absolute Gasteiger partial charge is 0.490 e. The molecule has 2 aromatic carbocycles. The molecule has 120 valence electrons. The van der Waals surface area contributed by atoms with Crippen LogP contribution in [0.25, 0.3) is 0 Å². The molecule has 23 heavy (non-hydrogen) atoms. The Morgan fingerprint density at radius 3 is 2.39 bits per heavy atom. The highest BCUT2D eigenvalue weighted by Gasteiger charge is 2.18. The Labute approximate surface area is 146 Å². The third kappa shape index (κ3) is 4.24. The fraction of sp³-hybridized carbons (Fsp3) is 0.125. The molecule has 7 heteroatoms. The topological polar surface area (TPSA) is 78.6 Å². The molecule has 1 amide bonds. The summed E-state index contributed by atoms with van der Waals surface area (Å²) in [7, 11) is 0. The average molecular weight is 399 g/mol. The lowest BCUT2D eigenvalue weighted by Crippen LogP contribution is -2.13. The van der Waals surface area contributed by atoms with E-state index in [9.17, 15) is 9.59 Å². The minimum Gasteiger partial charge on any atom is -0.490 e. The van der Waals surface area contributed by atoms with Crippen molar-refractivity contribution in [2.45, 2.75) is 6.92 Å². The van der Waals surface area contributed by atoms with E-state index in [1.54, 1.807) is 31.2 Å². The van der Waals surface area contributed by atoms with Crippen LogP contribution in [0.2, 0.25) is 5.02 Å². The minimum absolute atomic E-state index is 0.178. The highest BCUT2D eigenvalue weighted by Crippen LogP contribution is 2.37. The van der Waals surface area contributed by atoms with Gasteiger partial charge in [-0.15, -0.1) is 0 Å². The molecule has 0 unspecified atom stereocenters. The van der Waals surface area contributed by atoms with Gasteiger partial charge in [0, 0.05) is 10.6 Å². The van der Waals surface area contributed by atoms with Crippen molar-refractivity contribution in [1.82, 2.24) is 0 Å². The fourth-order valence-electron chi connectivity index (χ4n) is 1.81. The summed E-state index contributed by atoms with van der Waals surface area (Å²) in [5, 5.41) is 0.517. The third-order valence-electron chi connectivity index (χ3n) is 2.87. The fourth-order valence-corrected chi connectivity index (χ4v) is 2.46. The second-order valence-electron chi connectivity index (χ2n) is 4.48. The zero-order valence-electron chi connectivity index (χ0n) is 12.1. The summed E-state index contributed by atoms with van der Waals surface area (Å²) in [5.41, 5.74) is 5.85. The Balaban J connectivity index is 2.36. The number of esters is 1. The molecule has 0 spiro atoms. The van der Waals surface area contributed by atoms with Gasteiger partial charge in [-0.3, -0.25) is 4.79 Å². The zero-order valence-corrected chi connectivity index (χ0v) is 14.5. The summed E-state index contributed by atoms with van der Waals surface area (Å²) in [6, 6.07) is 9.18. The predicted octanol–water partition coefficient (Wildman–Crippen LogP) is 3.82. The molecule has 0 fully saturated rings. The number of carbonyl (C=O) groups excluding carboxylic acids is 2. The van der Waals surface area contributed by atoms with Crippen LogP contribution in [-0.2, 0) is 0 Å². The second kappa shape index (κ2) is 7.48. The van der Waals surface area contributed by atoms with Gasteiger partial charge in [0.05, 0.1) is 16.6 Å². The summed E-state index contributed by atoms with van der Waals surface area (Å²) in [6.45, 7) is 2.11. The first-order valence-electron chi connectivity index (χ1n) is 6.66. The standard InChI is InChI=1S/C16H13BrClNO4/c1-2-22-13-8-10(15(19)20)7-12(17)14(13)23-16(21)9-3-5-11(18)6-4-9/h3-8H,2H2,1H3,(H2,19,20). The van der Waals surface area contributed by atoms with Gasteiger partial charge in [-0.25, -0.2) is 4.79 Å². The van der Waals surface area contributed by atoms with E-state index < -0.39 is 11.9 Å². The van der Waals surface area contributed by atoms with Crippen LogP contribution in [0.3, 0.4) is 0 Å². The lowest BCUT2D eigenvalue weighted by atomic mass is 10.2. The molecule has 0 aliphatic rings. The van der Waals surface area contributed by atoms with E-state index in [1.807, 2.05) is 0 Å². The number of carbonyl (C=O) groups is 2. The van der Waals surface area contributed by atoms with E-state index in [0.717, 1.165) is 0 Å². The van der Waals surface area contributed by atoms with Crippen molar-refractivity contribution in [2.24, 2.45) is 5.73 Å². The van der Waals surface area contributed by atoms with Crippen LogP contribution in [0.4, 0.5) is 0 Å². The van der Waals surface area contributed by atoms with Gasteiger partial charge in [-0.2, -0.15) is 0 Å². The third-order valence-corrected chi connectivity index (χ3v) is 3.71. The predicted molar refractivity (Wildman–Crippen MR) is 90.2 cm³/mol. The number of halogens is 2. The Kier molecular flexibility index (Phi) is 5.63. The van der Waals surface area contributed by atoms with Crippen LogP contribution in [0.15, 0.2) is 40.9 Å². The number of hydrogen-bond donors (Lipinski definition) is 1. The van der Waals surface area contributed by atoms with E-state index in [2.05, 4.69) is 15.9 Å². The average Bonchev–Trinajstić information content (AvgIpc) is 2.51. The summed E-state index contributed by atoms with van der Waals surface area (Å²) in [6.07, 6.45) is 0. The summed E-state index contributed by atoms with van der Waals surface area (Å²) >= 11 is 9.05. The highest BCUT2D eigenvalue weighted by molar-refractivity contribution is 9.10. The van der Waals surface area contributed by atoms with Crippen molar-refractivity contribution < 1.29 is 19.1 Å². The molecule has 0 saturated heterocycles. The van der Waals surface area contributed by atoms with Crippen LogP contribution in [0.5, 0.6) is 11.5 Å². The molecule has 2 rings (SSSR count). The lowest BCUT2D eigenvalue weighted by molar-refractivity contribution is 0.0727. The maximum atomic E-state index is 12.2. The molecule has 5 nitrogen and oxygen atoms in total. The van der Waals surface area contributed by atoms with E-state index in [-0.39, 0.29) is 17.1 Å². The van der Waals surface area contributed by atoms with Crippen molar-refractivity contribution in [1.29, 1.82) is 0 Å². The molecule has 2 N–H and O–H groups in total. The number of amides is 1. The van der Waals surface area contributed by atoms with Crippen LogP contribution >= 0.6 is 27.5 Å². The molecule has 0 bridgehead atoms. The van der Waals surface area contributed by atoms with E-state index in [0.29, 0.717) is 21.7 Å². The van der Waals surface area contributed by atoms with Crippen LogP contribution in [-0.4, -0.2) is 18.5 Å². The van der Waals surface area contributed by atoms with Gasteiger partial charge in [0.2, 0.25) is 5.91 Å². The monoisotopic (exact) mass is 397 g/mol. The lowest BCUT2D eigenvalue weighted by Gasteiger charge is -2.13. The SMILES string of the molecule is CCOc1cc(C(N)=O)cc(Br)c1OC(=O)c1ccc(Cl)cc1. The van der Waals surface area contributed by atoms with Gasteiger partial charge >= 0.3 is 5.97 Å². The summed E-state index contributed by atoms with van der Waals surface area (Å²) in [4.78, 5) is 23.5. The Morgan fingerprint density at radius 1 is 1.17 bits per heavy atom. The quantitative estimate of drug-likeness (QED) is 0.613. The molecule has 0 heterocycles. The van der Waals surface area contributed by atoms with Crippen molar-refractivity contribution in [3.63, 3.8) is 0 Å². The number of nitrogens with two attached hydrogens (primary N) is 1. The minimum atomic E-state index is -0.609. The maximum Gasteiger partial charge on any atom is 0.343 e. The molecule has 0 saturated carbocycles. The van der Waals surface area contributed by atoms with Gasteiger partial charge in [0.15, 0.2) is 11.5 Å². The Hall–Kier alpha value is -2.05. The molecule has 0 aromatic heterocycles. The first-order valence-corrected chi connectivity index (χ1v) is 7.83. The van der Waals surface area contributed by atoms with Gasteiger partial charge in [-0.05, 0) is 59.3 Å². The first kappa shape index (κ1) is 17.3. The van der Waals surface area contributed by atoms with E-state index in [1.165, 1.54) is 12.1 Å². The molecular formula is C16H13BrClNO4. The molecule has 2 aromatic rings. The maximum absolute atomic E-state index is 12.2. The molecule has 0 aliphatic heterocycles. The van der Waals surface area contributed by atoms with Crippen LogP contribution in [0.1, 0.15) is 27.6 Å². The summed E-state index contributed by atoms with van der Waals surface area (Å²) < 4.78 is 11.2. The number of primary amides is 1. The smallest absolute Gasteiger partial charge is 0.343 e. The van der Waals surface area contributed by atoms with Crippen molar-refractivity contribution in [3.8, 4) is 11.5 Å². The van der Waals surface area contributed by atoms with E-state index >= 15 is 0 Å². The Bertz CT molecular complexity index is 746. The molecule has 0 aliphatic carbocycles. The number of ether oxygens (including phenoxy) is 2. The molecule has 0 atom stereocenters. The number of benzene rings is 2. The van der Waals surface area contributed by atoms with Crippen molar-refractivity contribution in [3.05, 3.63) is 57.0 Å². The zero-order chi connectivity index (χ0) is 17.0. The van der Waals surface area contributed by atoms with E-state index in [4.69, 9.17) is 26.8 Å².